The first kappa shape index (κ1) is 48.7. The fourth-order valence-corrected chi connectivity index (χ4v) is 10.7. The van der Waals surface area contributed by atoms with Gasteiger partial charge in [0.1, 0.15) is 5.92 Å². The van der Waals surface area contributed by atoms with Gasteiger partial charge in [0.15, 0.2) is 5.78 Å². The Morgan fingerprint density at radius 3 is 2.00 bits per heavy atom. The van der Waals surface area contributed by atoms with E-state index in [9.17, 15) is 14.4 Å². The fraction of sp³-hybridized carbons (Fsp3) is 0.582. The minimum Gasteiger partial charge on any atom is -0.468 e. The number of fused-ring (bicyclic) bond motifs is 7. The Morgan fingerprint density at radius 2 is 1.39 bits per heavy atom. The summed E-state index contributed by atoms with van der Waals surface area (Å²) in [4.78, 5) is 52.5. The van der Waals surface area contributed by atoms with E-state index in [1.165, 1.54) is 64.0 Å². The molecule has 3 aromatic heterocycles. The molecule has 6 unspecified atom stereocenters. The summed E-state index contributed by atoms with van der Waals surface area (Å²) in [5.41, 5.74) is 11.3. The van der Waals surface area contributed by atoms with Gasteiger partial charge >= 0.3 is 11.9 Å². The second-order valence-electron chi connectivity index (χ2n) is 20.1. The number of aromatic amines is 3. The Balaban J connectivity index is 1.19. The third kappa shape index (κ3) is 10.7. The van der Waals surface area contributed by atoms with Crippen molar-refractivity contribution < 1.29 is 23.9 Å². The third-order valence-corrected chi connectivity index (χ3v) is 14.9. The highest BCUT2D eigenvalue weighted by Gasteiger charge is 2.48. The van der Waals surface area contributed by atoms with Gasteiger partial charge in [-0.1, -0.05) is 119 Å². The van der Waals surface area contributed by atoms with E-state index in [4.69, 9.17) is 9.47 Å². The van der Waals surface area contributed by atoms with Crippen molar-refractivity contribution >= 4 is 47.6 Å². The lowest BCUT2D eigenvalue weighted by molar-refractivity contribution is -0.144. The van der Waals surface area contributed by atoms with Crippen molar-refractivity contribution in [2.45, 2.75) is 153 Å². The van der Waals surface area contributed by atoms with E-state index in [0.717, 1.165) is 98.4 Å². The second kappa shape index (κ2) is 21.5. The number of nitrogens with one attached hydrogen (secondary N) is 4. The Kier molecular flexibility index (Phi) is 16.3. The first-order chi connectivity index (χ1) is 30.6. The Labute approximate surface area is 383 Å². The van der Waals surface area contributed by atoms with Crippen LogP contribution >= 0.6 is 0 Å². The van der Waals surface area contributed by atoms with E-state index in [0.29, 0.717) is 35.8 Å². The van der Waals surface area contributed by atoms with Crippen molar-refractivity contribution in [3.05, 3.63) is 84.8 Å². The maximum atomic E-state index is 14.4. The van der Waals surface area contributed by atoms with Crippen LogP contribution in [0.15, 0.2) is 18.0 Å². The summed E-state index contributed by atoms with van der Waals surface area (Å²) in [6.45, 7) is 26.8. The zero-order valence-electron chi connectivity index (χ0n) is 41.0. The molecule has 6 rings (SSSR count). The minimum absolute atomic E-state index is 0.0757. The molecule has 1 aliphatic carbocycles. The van der Waals surface area contributed by atoms with E-state index < -0.39 is 11.9 Å². The van der Waals surface area contributed by atoms with Crippen molar-refractivity contribution in [1.29, 1.82) is 0 Å². The van der Waals surface area contributed by atoms with Gasteiger partial charge in [0.25, 0.3) is 0 Å². The van der Waals surface area contributed by atoms with Gasteiger partial charge in [-0.15, -0.1) is 0 Å². The predicted octanol–water partition coefficient (Wildman–Crippen LogP) is 11.2. The lowest BCUT2D eigenvalue weighted by Gasteiger charge is -2.20. The van der Waals surface area contributed by atoms with Crippen molar-refractivity contribution in [2.75, 3.05) is 13.7 Å². The molecule has 3 aromatic rings. The van der Waals surface area contributed by atoms with Crippen LogP contribution in [0.1, 0.15) is 186 Å². The summed E-state index contributed by atoms with van der Waals surface area (Å²) >= 11 is 0. The molecule has 6 atom stereocenters. The van der Waals surface area contributed by atoms with Gasteiger partial charge in [-0.25, -0.2) is 0 Å². The number of carbonyl (C=O) groups excluding carboxylic acids is 3. The highest BCUT2D eigenvalue weighted by molar-refractivity contribution is 6.24. The van der Waals surface area contributed by atoms with Crippen LogP contribution in [0.2, 0.25) is 0 Å². The summed E-state index contributed by atoms with van der Waals surface area (Å²) in [5.74, 6) is 0.342. The van der Waals surface area contributed by atoms with Crippen molar-refractivity contribution in [2.24, 2.45) is 41.4 Å². The number of H-pyrrole nitrogens is 3. The highest BCUT2D eigenvalue weighted by Crippen LogP contribution is 2.48. The Bertz CT molecular complexity index is 2380. The maximum absolute atomic E-state index is 14.4. The molecule has 1 saturated heterocycles. The molecule has 1 fully saturated rings. The second-order valence-corrected chi connectivity index (χ2v) is 20.1. The van der Waals surface area contributed by atoms with Gasteiger partial charge in [0.05, 0.1) is 19.4 Å². The number of ether oxygens (including phenoxy) is 2. The smallest absolute Gasteiger partial charge is 0.321 e. The van der Waals surface area contributed by atoms with Crippen LogP contribution < -0.4 is 16.0 Å². The van der Waals surface area contributed by atoms with Gasteiger partial charge in [-0.3, -0.25) is 14.4 Å². The van der Waals surface area contributed by atoms with Gasteiger partial charge in [-0.05, 0) is 104 Å². The zero-order chi connectivity index (χ0) is 46.4. The molecule has 9 heteroatoms. The summed E-state index contributed by atoms with van der Waals surface area (Å²) < 4.78 is 11.2. The predicted molar refractivity (Wildman–Crippen MR) is 262 cm³/mol. The normalized spacial score (nSPS) is 22.2. The fourth-order valence-electron chi connectivity index (χ4n) is 10.7. The number of aromatic nitrogens is 3. The molecule has 8 bridgehead atoms. The van der Waals surface area contributed by atoms with E-state index in [1.807, 2.05) is 13.0 Å². The van der Waals surface area contributed by atoms with Crippen LogP contribution in [0.5, 0.6) is 0 Å². The molecule has 9 nitrogen and oxygen atoms in total. The van der Waals surface area contributed by atoms with Crippen molar-refractivity contribution in [1.82, 2.24) is 20.3 Å². The molecule has 0 radical (unpaired) electrons. The molecule has 5 heterocycles. The molecule has 0 saturated carbocycles. The van der Waals surface area contributed by atoms with E-state index in [-0.39, 0.29) is 30.0 Å². The van der Waals surface area contributed by atoms with Crippen LogP contribution in [0.4, 0.5) is 0 Å². The van der Waals surface area contributed by atoms with Gasteiger partial charge < -0.3 is 29.7 Å². The van der Waals surface area contributed by atoms with Crippen LogP contribution in [0, 0.1) is 62.2 Å². The minimum atomic E-state index is -1.13. The molecule has 348 valence electrons. The van der Waals surface area contributed by atoms with Gasteiger partial charge in [0, 0.05) is 74.1 Å². The van der Waals surface area contributed by atoms with Gasteiger partial charge in [-0.2, -0.15) is 0 Å². The summed E-state index contributed by atoms with van der Waals surface area (Å²) in [6, 6.07) is 0. The van der Waals surface area contributed by atoms with Crippen LogP contribution in [-0.2, 0) is 25.5 Å². The number of rotatable bonds is 21. The molecule has 3 aliphatic rings. The standard InChI is InChI=1S/C55H78N4O5/c1-13-39-35(8)42-28-44-37(10)41(24-25-48(60)64-27-26-34(7)23-17-22-33(6)21-16-20-32(5)19-15-18-31(3)4)52(58-44)50-51(55(62)63-12)54(61)49-38(11)45(59-53(49)50)30-47-40(14-2)36(9)43(57-47)29-46(39)56-42/h13,28-34,37,41,51,56-59H,1,14-27H2,2-12H3/b43-29-,44-28-,47-30-,52-50-. The number of hydrogen-bond donors (Lipinski definition) is 4. The molecular formula is C55H78N4O5. The molecule has 0 spiro atoms. The lowest BCUT2D eigenvalue weighted by atomic mass is 9.85. The van der Waals surface area contributed by atoms with Crippen LogP contribution in [-0.4, -0.2) is 46.4 Å². The number of hydrogen-bond acceptors (Lipinski definition) is 6. The number of methoxy groups -OCH3 is 1. The molecule has 0 aromatic carbocycles. The average molecular weight is 875 g/mol. The quantitative estimate of drug-likeness (QED) is 0.0623. The number of ketones is 1. The van der Waals surface area contributed by atoms with E-state index in [2.05, 4.69) is 107 Å². The topological polar surface area (TPSA) is 129 Å². The lowest BCUT2D eigenvalue weighted by Crippen LogP contribution is -2.25. The Morgan fingerprint density at radius 1 is 0.781 bits per heavy atom. The SMILES string of the molecule is C=Cc1c2[nH]c(c1C)/C=C1\N/C(=C3\c4[nH]c(c(C)c4C(=O)C3C(=O)OC)/C=c3\[nH]/c(c(C)c3CC)=C\2)C(CCC(=O)OCCC(C)CCCC(C)CCCC(C)CCCC(C)C)C1C. The molecule has 64 heavy (non-hydrogen) atoms. The average Bonchev–Trinajstić information content (AvgIpc) is 3.99. The van der Waals surface area contributed by atoms with E-state index in [1.54, 1.807) is 0 Å². The zero-order valence-corrected chi connectivity index (χ0v) is 41.0. The Hall–Kier alpha value is -4.79. The van der Waals surface area contributed by atoms with Crippen LogP contribution in [0.25, 0.3) is 29.9 Å². The third-order valence-electron chi connectivity index (χ3n) is 14.9. The number of Topliss-reactive ketones (excluding diaryl/α,β-unsaturated/α-hetero) is 1. The van der Waals surface area contributed by atoms with Crippen molar-refractivity contribution in [3.8, 4) is 0 Å². The van der Waals surface area contributed by atoms with E-state index >= 15 is 0 Å². The number of esters is 2. The molecular weight excluding hydrogens is 797 g/mol. The number of allylic oxidation sites excluding steroid dienone is 2. The first-order valence-corrected chi connectivity index (χ1v) is 24.6. The van der Waals surface area contributed by atoms with Gasteiger partial charge in [0.2, 0.25) is 0 Å². The first-order valence-electron chi connectivity index (χ1n) is 24.6. The molecule has 2 aliphatic heterocycles. The largest absolute Gasteiger partial charge is 0.468 e. The summed E-state index contributed by atoms with van der Waals surface area (Å²) in [5, 5.41) is 5.68. The van der Waals surface area contributed by atoms with Crippen molar-refractivity contribution in [3.63, 3.8) is 0 Å². The maximum Gasteiger partial charge on any atom is 0.321 e. The molecule has 4 N–H and O–H groups in total. The summed E-state index contributed by atoms with van der Waals surface area (Å²) in [6.07, 6.45) is 22.3. The molecule has 0 amide bonds. The summed E-state index contributed by atoms with van der Waals surface area (Å²) in [7, 11) is 1.33. The monoisotopic (exact) mass is 875 g/mol. The highest BCUT2D eigenvalue weighted by atomic mass is 16.5. The van der Waals surface area contributed by atoms with Crippen LogP contribution in [0.3, 0.4) is 0 Å². The number of carbonyl (C=O) groups is 3.